The lowest BCUT2D eigenvalue weighted by Crippen LogP contribution is -2.16. The van der Waals surface area contributed by atoms with Crippen LogP contribution in [0.1, 0.15) is 34.8 Å². The molecule has 1 aliphatic rings. The van der Waals surface area contributed by atoms with Crippen molar-refractivity contribution in [1.82, 2.24) is 4.98 Å². The molecule has 126 valence electrons. The summed E-state index contributed by atoms with van der Waals surface area (Å²) >= 11 is 0. The van der Waals surface area contributed by atoms with Crippen LogP contribution in [0, 0.1) is 11.3 Å². The highest BCUT2D eigenvalue weighted by Crippen LogP contribution is 2.31. The number of hydrogen-bond acceptors (Lipinski definition) is 6. The van der Waals surface area contributed by atoms with Crippen molar-refractivity contribution in [2.45, 2.75) is 18.8 Å². The lowest BCUT2D eigenvalue weighted by atomic mass is 9.95. The molecule has 0 bridgehead atoms. The standard InChI is InChI=1S/C19H16N2O4/c20-12-14(15-3-1-2-8-21-15)17(23)6-5-16(22)13-4-7-18-19(11-13)25-10-9-24-18/h1-4,7-8,11,14H,5-6,9-10H2/t14-/m1/s1. The van der Waals surface area contributed by atoms with E-state index < -0.39 is 5.92 Å². The summed E-state index contributed by atoms with van der Waals surface area (Å²) in [6.07, 6.45) is 1.55. The van der Waals surface area contributed by atoms with Crippen molar-refractivity contribution in [1.29, 1.82) is 5.26 Å². The Morgan fingerprint density at radius 1 is 1.12 bits per heavy atom. The van der Waals surface area contributed by atoms with E-state index >= 15 is 0 Å². The minimum Gasteiger partial charge on any atom is -0.486 e. The summed E-state index contributed by atoms with van der Waals surface area (Å²) in [5.74, 6) is -0.296. The summed E-state index contributed by atoms with van der Waals surface area (Å²) in [6.45, 7) is 0.926. The highest BCUT2D eigenvalue weighted by atomic mass is 16.6. The molecule has 2 aromatic rings. The first-order valence-corrected chi connectivity index (χ1v) is 7.95. The monoisotopic (exact) mass is 336 g/mol. The number of Topliss-reactive ketones (excluding diaryl/α,β-unsaturated/α-hetero) is 2. The molecule has 0 fully saturated rings. The number of carbonyl (C=O) groups excluding carboxylic acids is 2. The maximum Gasteiger partial charge on any atom is 0.163 e. The second kappa shape index (κ2) is 7.58. The van der Waals surface area contributed by atoms with Crippen molar-refractivity contribution in [3.63, 3.8) is 0 Å². The Bertz CT molecular complexity index is 827. The van der Waals surface area contributed by atoms with Crippen molar-refractivity contribution in [3.05, 3.63) is 53.9 Å². The van der Waals surface area contributed by atoms with Gasteiger partial charge in [0.15, 0.2) is 23.1 Å². The van der Waals surface area contributed by atoms with E-state index in [0.717, 1.165) is 0 Å². The molecule has 0 unspecified atom stereocenters. The van der Waals surface area contributed by atoms with Crippen molar-refractivity contribution in [3.8, 4) is 17.6 Å². The second-order valence-corrected chi connectivity index (χ2v) is 5.56. The van der Waals surface area contributed by atoms with Gasteiger partial charge in [-0.3, -0.25) is 14.6 Å². The van der Waals surface area contributed by atoms with Crippen LogP contribution >= 0.6 is 0 Å². The van der Waals surface area contributed by atoms with Gasteiger partial charge in [-0.2, -0.15) is 5.26 Å². The Morgan fingerprint density at radius 3 is 2.64 bits per heavy atom. The number of hydrogen-bond donors (Lipinski definition) is 0. The third-order valence-electron chi connectivity index (χ3n) is 3.90. The molecule has 1 atom stereocenters. The van der Waals surface area contributed by atoms with Crippen LogP contribution in [0.5, 0.6) is 11.5 Å². The molecule has 1 aliphatic heterocycles. The zero-order valence-corrected chi connectivity index (χ0v) is 13.5. The number of nitriles is 1. The van der Waals surface area contributed by atoms with E-state index in [1.807, 2.05) is 6.07 Å². The molecule has 6 nitrogen and oxygen atoms in total. The minimum atomic E-state index is -0.950. The molecule has 0 aliphatic carbocycles. The number of pyridine rings is 1. The summed E-state index contributed by atoms with van der Waals surface area (Å²) in [4.78, 5) is 28.7. The summed E-state index contributed by atoms with van der Waals surface area (Å²) < 4.78 is 10.9. The van der Waals surface area contributed by atoms with Crippen molar-refractivity contribution in [2.24, 2.45) is 0 Å². The van der Waals surface area contributed by atoms with Gasteiger partial charge < -0.3 is 9.47 Å². The zero-order chi connectivity index (χ0) is 17.6. The number of nitrogens with zero attached hydrogens (tertiary/aromatic N) is 2. The van der Waals surface area contributed by atoms with Gasteiger partial charge >= 0.3 is 0 Å². The summed E-state index contributed by atoms with van der Waals surface area (Å²) in [7, 11) is 0. The molecule has 1 aromatic heterocycles. The van der Waals surface area contributed by atoms with Crippen molar-refractivity contribution >= 4 is 11.6 Å². The van der Waals surface area contributed by atoms with E-state index in [2.05, 4.69) is 4.98 Å². The average molecular weight is 336 g/mol. The fraction of sp³-hybridized carbons (Fsp3) is 0.263. The van der Waals surface area contributed by atoms with Gasteiger partial charge in [0.1, 0.15) is 19.1 Å². The molecule has 2 heterocycles. The zero-order valence-electron chi connectivity index (χ0n) is 13.5. The molecular weight excluding hydrogens is 320 g/mol. The van der Waals surface area contributed by atoms with Crippen LogP contribution in [-0.4, -0.2) is 29.8 Å². The number of rotatable bonds is 6. The number of aromatic nitrogens is 1. The lowest BCUT2D eigenvalue weighted by molar-refractivity contribution is -0.119. The Labute approximate surface area is 145 Å². The predicted molar refractivity (Wildman–Crippen MR) is 88.6 cm³/mol. The summed E-state index contributed by atoms with van der Waals surface area (Å²) in [5, 5.41) is 9.24. The van der Waals surface area contributed by atoms with E-state index in [1.54, 1.807) is 36.4 Å². The van der Waals surface area contributed by atoms with E-state index in [4.69, 9.17) is 9.47 Å². The molecular formula is C19H16N2O4. The SMILES string of the molecule is N#C[C@@H](C(=O)CCC(=O)c1ccc2c(c1)OCCO2)c1ccccn1. The predicted octanol–water partition coefficient (Wildman–Crippen LogP) is 2.69. The van der Waals surface area contributed by atoms with Gasteiger partial charge in [-0.15, -0.1) is 0 Å². The molecule has 6 heteroatoms. The van der Waals surface area contributed by atoms with Gasteiger partial charge in [0.2, 0.25) is 0 Å². The van der Waals surface area contributed by atoms with Crippen molar-refractivity contribution in [2.75, 3.05) is 13.2 Å². The summed E-state index contributed by atoms with van der Waals surface area (Å²) in [5.41, 5.74) is 0.866. The van der Waals surface area contributed by atoms with Gasteiger partial charge in [0.05, 0.1) is 11.8 Å². The highest BCUT2D eigenvalue weighted by Gasteiger charge is 2.22. The van der Waals surface area contributed by atoms with Gasteiger partial charge in [0, 0.05) is 24.6 Å². The van der Waals surface area contributed by atoms with Crippen LogP contribution in [0.2, 0.25) is 0 Å². The molecule has 3 rings (SSSR count). The first kappa shape index (κ1) is 16.7. The second-order valence-electron chi connectivity index (χ2n) is 5.56. The van der Waals surface area contributed by atoms with E-state index in [-0.39, 0.29) is 24.4 Å². The number of benzene rings is 1. The van der Waals surface area contributed by atoms with Crippen LogP contribution in [0.4, 0.5) is 0 Å². The highest BCUT2D eigenvalue weighted by molar-refractivity contribution is 5.99. The molecule has 0 saturated heterocycles. The molecule has 1 aromatic carbocycles. The van der Waals surface area contributed by atoms with E-state index in [0.29, 0.717) is 36.0 Å². The minimum absolute atomic E-state index is 0.0118. The Hall–Kier alpha value is -3.20. The van der Waals surface area contributed by atoms with Crippen LogP contribution in [0.25, 0.3) is 0 Å². The normalized spacial score (nSPS) is 13.6. The van der Waals surface area contributed by atoms with Gasteiger partial charge in [-0.05, 0) is 30.3 Å². The van der Waals surface area contributed by atoms with Crippen molar-refractivity contribution < 1.29 is 19.1 Å². The van der Waals surface area contributed by atoms with Gasteiger partial charge in [-0.25, -0.2) is 0 Å². The Kier molecular flexibility index (Phi) is 5.05. The van der Waals surface area contributed by atoms with E-state index in [9.17, 15) is 14.9 Å². The molecule has 0 N–H and O–H groups in total. The van der Waals surface area contributed by atoms with E-state index in [1.165, 1.54) is 6.20 Å². The van der Waals surface area contributed by atoms with Gasteiger partial charge in [-0.1, -0.05) is 6.07 Å². The number of carbonyl (C=O) groups is 2. The van der Waals surface area contributed by atoms with Crippen LogP contribution in [-0.2, 0) is 4.79 Å². The average Bonchev–Trinajstić information content (AvgIpc) is 2.67. The number of ether oxygens (including phenoxy) is 2. The largest absolute Gasteiger partial charge is 0.486 e. The third kappa shape index (κ3) is 3.83. The molecule has 0 saturated carbocycles. The molecule has 25 heavy (non-hydrogen) atoms. The number of ketones is 2. The number of fused-ring (bicyclic) bond motifs is 1. The van der Waals surface area contributed by atoms with Gasteiger partial charge in [0.25, 0.3) is 0 Å². The lowest BCUT2D eigenvalue weighted by Gasteiger charge is -2.18. The fourth-order valence-corrected chi connectivity index (χ4v) is 2.59. The maximum atomic E-state index is 12.3. The quantitative estimate of drug-likeness (QED) is 0.754. The van der Waals surface area contributed by atoms with Crippen LogP contribution < -0.4 is 9.47 Å². The topological polar surface area (TPSA) is 89.3 Å². The first-order chi connectivity index (χ1) is 12.2. The first-order valence-electron chi connectivity index (χ1n) is 7.95. The smallest absolute Gasteiger partial charge is 0.163 e. The fourth-order valence-electron chi connectivity index (χ4n) is 2.59. The van der Waals surface area contributed by atoms with Crippen LogP contribution in [0.3, 0.4) is 0 Å². The Morgan fingerprint density at radius 2 is 1.92 bits per heavy atom. The Balaban J connectivity index is 1.64. The molecule has 0 radical (unpaired) electrons. The molecule has 0 amide bonds. The maximum absolute atomic E-state index is 12.3. The third-order valence-corrected chi connectivity index (χ3v) is 3.90. The summed E-state index contributed by atoms with van der Waals surface area (Å²) in [6, 6.07) is 12.0. The molecule has 0 spiro atoms. The van der Waals surface area contributed by atoms with Crippen LogP contribution in [0.15, 0.2) is 42.6 Å².